The number of thioether (sulfide) groups is 1. The highest BCUT2D eigenvalue weighted by Crippen LogP contribution is 2.46. The van der Waals surface area contributed by atoms with E-state index in [0.29, 0.717) is 5.95 Å². The van der Waals surface area contributed by atoms with Gasteiger partial charge >= 0.3 is 0 Å². The quantitative estimate of drug-likeness (QED) is 0.478. The van der Waals surface area contributed by atoms with Crippen molar-refractivity contribution in [2.24, 2.45) is 4.99 Å². The highest BCUT2D eigenvalue weighted by atomic mass is 32.2. The van der Waals surface area contributed by atoms with Gasteiger partial charge in [-0.05, 0) is 59.7 Å². The molecule has 2 atom stereocenters. The molecule has 0 spiro atoms. The number of benzene rings is 2. The summed E-state index contributed by atoms with van der Waals surface area (Å²) in [6.07, 6.45) is 5.79. The van der Waals surface area contributed by atoms with Crippen LogP contribution in [-0.2, 0) is 6.54 Å². The molecule has 36 heavy (non-hydrogen) atoms. The first-order chi connectivity index (χ1) is 17.6. The van der Waals surface area contributed by atoms with E-state index in [2.05, 4.69) is 20.1 Å². The molecule has 3 aliphatic rings. The van der Waals surface area contributed by atoms with E-state index in [-0.39, 0.29) is 29.8 Å². The van der Waals surface area contributed by atoms with Crippen LogP contribution in [0.4, 0.5) is 14.7 Å². The second kappa shape index (κ2) is 9.99. The molecule has 1 N–H and O–H groups in total. The van der Waals surface area contributed by atoms with Crippen LogP contribution in [0.5, 0.6) is 0 Å². The SMILES string of the molecule is Fc1ccc(CN2CCC(Nc3nccc(C4C(c5ccc(F)cc5)N=C5SC=CN54)n3)CC2)cc1. The Balaban J connectivity index is 1.13. The Labute approximate surface area is 213 Å². The molecule has 2 unspecified atom stereocenters. The summed E-state index contributed by atoms with van der Waals surface area (Å²) in [5.74, 6) is 0.160. The lowest BCUT2D eigenvalue weighted by Gasteiger charge is -2.32. The van der Waals surface area contributed by atoms with Crippen molar-refractivity contribution in [2.75, 3.05) is 18.4 Å². The van der Waals surface area contributed by atoms with E-state index in [0.717, 1.165) is 54.5 Å². The third-order valence-electron chi connectivity index (χ3n) is 6.90. The zero-order valence-electron chi connectivity index (χ0n) is 19.6. The van der Waals surface area contributed by atoms with Crippen LogP contribution in [-0.4, -0.2) is 44.1 Å². The summed E-state index contributed by atoms with van der Waals surface area (Å²) >= 11 is 1.59. The Morgan fingerprint density at radius 3 is 2.42 bits per heavy atom. The number of aromatic nitrogens is 2. The minimum Gasteiger partial charge on any atom is -0.351 e. The molecular weight excluding hydrogens is 478 g/mol. The van der Waals surface area contributed by atoms with Crippen LogP contribution in [0.1, 0.15) is 41.7 Å². The van der Waals surface area contributed by atoms with Crippen LogP contribution < -0.4 is 5.32 Å². The van der Waals surface area contributed by atoms with Crippen LogP contribution in [0.25, 0.3) is 0 Å². The maximum absolute atomic E-state index is 13.5. The maximum Gasteiger partial charge on any atom is 0.223 e. The third-order valence-corrected chi connectivity index (χ3v) is 7.68. The van der Waals surface area contributed by atoms with Crippen molar-refractivity contribution in [2.45, 2.75) is 37.5 Å². The van der Waals surface area contributed by atoms with Gasteiger partial charge in [0, 0.05) is 38.1 Å². The van der Waals surface area contributed by atoms with Crippen molar-refractivity contribution >= 4 is 22.9 Å². The fourth-order valence-electron chi connectivity index (χ4n) is 5.03. The number of hydrogen-bond acceptors (Lipinski definition) is 7. The topological polar surface area (TPSA) is 56.6 Å². The summed E-state index contributed by atoms with van der Waals surface area (Å²) in [5.41, 5.74) is 2.96. The highest BCUT2D eigenvalue weighted by Gasteiger charge is 2.40. The Bertz CT molecular complexity index is 1270. The monoisotopic (exact) mass is 504 g/mol. The normalized spacial score (nSPS) is 22.1. The molecule has 0 bridgehead atoms. The minimum atomic E-state index is -0.257. The first-order valence-corrected chi connectivity index (χ1v) is 13.0. The minimum absolute atomic E-state index is 0.113. The number of fused-ring (bicyclic) bond motifs is 1. The number of anilines is 1. The molecule has 0 aliphatic carbocycles. The average molecular weight is 505 g/mol. The van der Waals surface area contributed by atoms with Crippen LogP contribution in [0, 0.1) is 11.6 Å². The summed E-state index contributed by atoms with van der Waals surface area (Å²) in [7, 11) is 0. The van der Waals surface area contributed by atoms with E-state index in [1.54, 1.807) is 30.1 Å². The molecule has 1 saturated heterocycles. The van der Waals surface area contributed by atoms with Gasteiger partial charge < -0.3 is 10.2 Å². The van der Waals surface area contributed by atoms with Crippen molar-refractivity contribution in [1.82, 2.24) is 19.8 Å². The molecule has 4 heterocycles. The molecule has 0 saturated carbocycles. The van der Waals surface area contributed by atoms with E-state index in [9.17, 15) is 8.78 Å². The van der Waals surface area contributed by atoms with Crippen LogP contribution >= 0.6 is 11.8 Å². The smallest absolute Gasteiger partial charge is 0.223 e. The lowest BCUT2D eigenvalue weighted by atomic mass is 9.97. The van der Waals surface area contributed by atoms with Gasteiger partial charge in [-0.2, -0.15) is 0 Å². The second-order valence-corrected chi connectivity index (χ2v) is 10.2. The Morgan fingerprint density at radius 2 is 1.67 bits per heavy atom. The van der Waals surface area contributed by atoms with Gasteiger partial charge in [-0.1, -0.05) is 36.0 Å². The van der Waals surface area contributed by atoms with Gasteiger partial charge in [0.15, 0.2) is 5.17 Å². The number of likely N-dealkylation sites (tertiary alicyclic amines) is 1. The van der Waals surface area contributed by atoms with Crippen molar-refractivity contribution in [3.63, 3.8) is 0 Å². The molecule has 184 valence electrons. The van der Waals surface area contributed by atoms with Crippen LogP contribution in [0.2, 0.25) is 0 Å². The maximum atomic E-state index is 13.5. The van der Waals surface area contributed by atoms with Gasteiger partial charge in [-0.15, -0.1) is 0 Å². The first kappa shape index (κ1) is 23.1. The van der Waals surface area contributed by atoms with Gasteiger partial charge in [0.2, 0.25) is 5.95 Å². The molecule has 3 aliphatic heterocycles. The van der Waals surface area contributed by atoms with E-state index in [4.69, 9.17) is 9.98 Å². The van der Waals surface area contributed by atoms with Crippen molar-refractivity contribution in [1.29, 1.82) is 0 Å². The number of hydrogen-bond donors (Lipinski definition) is 1. The lowest BCUT2D eigenvalue weighted by Crippen LogP contribution is -2.39. The standard InChI is InChI=1S/C27H26F2N6S/c28-20-5-1-18(2-6-20)17-34-13-10-22(11-14-34)31-26-30-12-9-23(32-26)25-24(19-3-7-21(29)8-4-19)33-27-35(25)15-16-36-27/h1-9,12,15-16,22,24-25H,10-11,13-14,17H2,(H,30,31,32). The fraction of sp³-hybridized carbons (Fsp3) is 0.296. The summed E-state index contributed by atoms with van der Waals surface area (Å²) in [4.78, 5) is 18.8. The largest absolute Gasteiger partial charge is 0.351 e. The molecule has 9 heteroatoms. The summed E-state index contributed by atoms with van der Waals surface area (Å²) in [6, 6.07) is 15.2. The Morgan fingerprint density at radius 1 is 0.944 bits per heavy atom. The summed E-state index contributed by atoms with van der Waals surface area (Å²) in [6.45, 7) is 2.74. The number of rotatable bonds is 6. The first-order valence-electron chi connectivity index (χ1n) is 12.1. The van der Waals surface area contributed by atoms with E-state index in [1.807, 2.05) is 29.8 Å². The zero-order chi connectivity index (χ0) is 24.5. The number of halogens is 2. The molecule has 0 radical (unpaired) electrons. The van der Waals surface area contributed by atoms with Crippen LogP contribution in [0.3, 0.4) is 0 Å². The molecule has 1 fully saturated rings. The summed E-state index contributed by atoms with van der Waals surface area (Å²) < 4.78 is 26.7. The van der Waals surface area contributed by atoms with E-state index < -0.39 is 0 Å². The van der Waals surface area contributed by atoms with E-state index in [1.165, 1.54) is 24.3 Å². The second-order valence-electron chi connectivity index (χ2n) is 9.29. The van der Waals surface area contributed by atoms with Crippen molar-refractivity contribution < 1.29 is 8.78 Å². The number of aliphatic imine (C=N–C) groups is 1. The van der Waals surface area contributed by atoms with Crippen LogP contribution in [0.15, 0.2) is 77.4 Å². The van der Waals surface area contributed by atoms with E-state index >= 15 is 0 Å². The van der Waals surface area contributed by atoms with Crippen molar-refractivity contribution in [3.8, 4) is 0 Å². The predicted octanol–water partition coefficient (Wildman–Crippen LogP) is 5.50. The molecule has 6 nitrogen and oxygen atoms in total. The fourth-order valence-corrected chi connectivity index (χ4v) is 5.81. The van der Waals surface area contributed by atoms with Gasteiger partial charge in [-0.25, -0.2) is 18.7 Å². The average Bonchev–Trinajstić information content (AvgIpc) is 3.49. The number of nitrogens with zero attached hydrogens (tertiary/aromatic N) is 5. The summed E-state index contributed by atoms with van der Waals surface area (Å²) in [5, 5.41) is 6.48. The third kappa shape index (κ3) is 4.85. The van der Waals surface area contributed by atoms with Gasteiger partial charge in [0.1, 0.15) is 23.7 Å². The molecule has 6 rings (SSSR count). The molecule has 2 aromatic carbocycles. The van der Waals surface area contributed by atoms with Gasteiger partial charge in [0.05, 0.1) is 5.69 Å². The molecular formula is C27H26F2N6S. The Hall–Kier alpha value is -3.30. The molecule has 0 amide bonds. The lowest BCUT2D eigenvalue weighted by molar-refractivity contribution is 0.211. The predicted molar refractivity (Wildman–Crippen MR) is 138 cm³/mol. The van der Waals surface area contributed by atoms with Crippen molar-refractivity contribution in [3.05, 3.63) is 101 Å². The van der Waals surface area contributed by atoms with Gasteiger partial charge in [-0.3, -0.25) is 9.89 Å². The molecule has 3 aromatic rings. The number of amidine groups is 1. The Kier molecular flexibility index (Phi) is 6.41. The highest BCUT2D eigenvalue weighted by molar-refractivity contribution is 8.16. The zero-order valence-corrected chi connectivity index (χ0v) is 20.4. The number of nitrogens with one attached hydrogen (secondary N) is 1. The van der Waals surface area contributed by atoms with Gasteiger partial charge in [0.25, 0.3) is 0 Å². The molecule has 1 aromatic heterocycles. The number of piperidine rings is 1.